The Balaban J connectivity index is 1.65. The number of hydrogen-bond donors (Lipinski definition) is 2. The SMILES string of the molecule is COC1C=CC2=C(C=C1)C(=O)N(C[C@](C)(NC(=O)NC=O)c1cc3c(C)nccc3o1)C2. The Morgan fingerprint density at radius 2 is 2.19 bits per heavy atom. The molecule has 3 heterocycles. The molecule has 32 heavy (non-hydrogen) atoms. The highest BCUT2D eigenvalue weighted by molar-refractivity contribution is 6.00. The number of urea groups is 1. The summed E-state index contributed by atoms with van der Waals surface area (Å²) in [6.45, 7) is 4.12. The van der Waals surface area contributed by atoms with Gasteiger partial charge in [-0.2, -0.15) is 0 Å². The molecule has 2 aromatic heterocycles. The highest BCUT2D eigenvalue weighted by Crippen LogP contribution is 2.32. The number of nitrogens with zero attached hydrogens (tertiary/aromatic N) is 2. The Bertz CT molecular complexity index is 1180. The molecule has 0 aromatic carbocycles. The lowest BCUT2D eigenvalue weighted by molar-refractivity contribution is -0.126. The number of nitrogens with one attached hydrogen (secondary N) is 2. The van der Waals surface area contributed by atoms with Crippen molar-refractivity contribution in [3.8, 4) is 0 Å². The van der Waals surface area contributed by atoms with Crippen LogP contribution in [-0.4, -0.2) is 54.5 Å². The lowest BCUT2D eigenvalue weighted by Gasteiger charge is -2.33. The van der Waals surface area contributed by atoms with Gasteiger partial charge in [-0.3, -0.25) is 19.9 Å². The number of hydrogen-bond acceptors (Lipinski definition) is 6. The van der Waals surface area contributed by atoms with E-state index in [1.165, 1.54) is 0 Å². The fourth-order valence-electron chi connectivity index (χ4n) is 4.01. The molecule has 0 fully saturated rings. The van der Waals surface area contributed by atoms with Crippen LogP contribution >= 0.6 is 0 Å². The first-order chi connectivity index (χ1) is 15.3. The second-order valence-electron chi connectivity index (χ2n) is 7.99. The van der Waals surface area contributed by atoms with E-state index in [4.69, 9.17) is 9.15 Å². The van der Waals surface area contributed by atoms with E-state index in [0.29, 0.717) is 29.9 Å². The summed E-state index contributed by atoms with van der Waals surface area (Å²) >= 11 is 0. The zero-order valence-electron chi connectivity index (χ0n) is 18.0. The fraction of sp³-hybridized carbons (Fsp3) is 0.304. The molecular weight excluding hydrogens is 412 g/mol. The number of imide groups is 1. The molecule has 2 aromatic rings. The van der Waals surface area contributed by atoms with Gasteiger partial charge >= 0.3 is 6.03 Å². The van der Waals surface area contributed by atoms with E-state index in [-0.39, 0.29) is 18.6 Å². The molecule has 0 spiro atoms. The first kappa shape index (κ1) is 21.5. The van der Waals surface area contributed by atoms with Crippen molar-refractivity contribution in [3.63, 3.8) is 0 Å². The van der Waals surface area contributed by atoms with E-state index in [1.807, 2.05) is 25.2 Å². The zero-order valence-corrected chi connectivity index (χ0v) is 18.0. The monoisotopic (exact) mass is 436 g/mol. The molecule has 0 bridgehead atoms. The Morgan fingerprint density at radius 1 is 1.41 bits per heavy atom. The maximum atomic E-state index is 13.2. The van der Waals surface area contributed by atoms with Gasteiger partial charge < -0.3 is 19.4 Å². The number of pyridine rings is 1. The van der Waals surface area contributed by atoms with Crippen LogP contribution in [0.2, 0.25) is 0 Å². The Hall–Kier alpha value is -3.72. The summed E-state index contributed by atoms with van der Waals surface area (Å²) in [5, 5.41) is 5.68. The molecule has 0 saturated heterocycles. The predicted octanol–water partition coefficient (Wildman–Crippen LogP) is 2.09. The third-order valence-electron chi connectivity index (χ3n) is 5.71. The Morgan fingerprint density at radius 3 is 2.91 bits per heavy atom. The van der Waals surface area contributed by atoms with Crippen LogP contribution in [0.1, 0.15) is 18.4 Å². The molecule has 1 aliphatic heterocycles. The lowest BCUT2D eigenvalue weighted by Crippen LogP contribution is -2.54. The third-order valence-corrected chi connectivity index (χ3v) is 5.71. The van der Waals surface area contributed by atoms with Crippen LogP contribution in [0.3, 0.4) is 0 Å². The topological polar surface area (TPSA) is 114 Å². The molecule has 1 unspecified atom stereocenters. The van der Waals surface area contributed by atoms with Crippen molar-refractivity contribution in [1.29, 1.82) is 0 Å². The largest absolute Gasteiger partial charge is 0.458 e. The number of furan rings is 1. The average molecular weight is 436 g/mol. The molecule has 9 heteroatoms. The summed E-state index contributed by atoms with van der Waals surface area (Å²) in [5.41, 5.74) is 1.75. The van der Waals surface area contributed by atoms with Crippen LogP contribution in [-0.2, 0) is 19.9 Å². The van der Waals surface area contributed by atoms with Gasteiger partial charge in [-0.25, -0.2) is 4.79 Å². The quantitative estimate of drug-likeness (QED) is 0.671. The predicted molar refractivity (Wildman–Crippen MR) is 117 cm³/mol. The molecule has 4 rings (SSSR count). The highest BCUT2D eigenvalue weighted by Gasteiger charge is 2.39. The van der Waals surface area contributed by atoms with E-state index in [0.717, 1.165) is 16.7 Å². The lowest BCUT2D eigenvalue weighted by atomic mass is 9.97. The molecule has 166 valence electrons. The van der Waals surface area contributed by atoms with Crippen molar-refractivity contribution in [1.82, 2.24) is 20.5 Å². The minimum absolute atomic E-state index is 0.132. The molecule has 9 nitrogen and oxygen atoms in total. The zero-order chi connectivity index (χ0) is 22.9. The number of aryl methyl sites for hydroxylation is 1. The number of fused-ring (bicyclic) bond motifs is 1. The molecule has 2 atom stereocenters. The number of aromatic nitrogens is 1. The fourth-order valence-corrected chi connectivity index (χ4v) is 4.01. The van der Waals surface area contributed by atoms with Gasteiger partial charge in [0.05, 0.1) is 12.6 Å². The molecule has 2 N–H and O–H groups in total. The van der Waals surface area contributed by atoms with Crippen molar-refractivity contribution in [2.24, 2.45) is 0 Å². The minimum atomic E-state index is -1.11. The summed E-state index contributed by atoms with van der Waals surface area (Å²) in [6, 6.07) is 2.85. The van der Waals surface area contributed by atoms with Gasteiger partial charge in [0.1, 0.15) is 16.9 Å². The number of amides is 4. The summed E-state index contributed by atoms with van der Waals surface area (Å²) in [6.07, 6.45) is 9.13. The first-order valence-corrected chi connectivity index (χ1v) is 10.1. The summed E-state index contributed by atoms with van der Waals surface area (Å²) in [4.78, 5) is 42.1. The van der Waals surface area contributed by atoms with Crippen molar-refractivity contribution in [3.05, 3.63) is 65.2 Å². The molecule has 0 radical (unpaired) electrons. The van der Waals surface area contributed by atoms with Gasteiger partial charge in [0, 0.05) is 36.5 Å². The van der Waals surface area contributed by atoms with E-state index in [9.17, 15) is 14.4 Å². The van der Waals surface area contributed by atoms with Gasteiger partial charge in [-0.1, -0.05) is 24.3 Å². The number of ether oxygens (including phenoxy) is 1. The van der Waals surface area contributed by atoms with Gasteiger partial charge in [-0.05, 0) is 31.6 Å². The van der Waals surface area contributed by atoms with Crippen molar-refractivity contribution in [2.45, 2.75) is 25.5 Å². The average Bonchev–Trinajstić information content (AvgIpc) is 3.25. The summed E-state index contributed by atoms with van der Waals surface area (Å²) in [7, 11) is 1.61. The van der Waals surface area contributed by atoms with Crippen LogP contribution in [0, 0.1) is 6.92 Å². The van der Waals surface area contributed by atoms with Crippen molar-refractivity contribution < 1.29 is 23.5 Å². The van der Waals surface area contributed by atoms with Crippen LogP contribution in [0.15, 0.2) is 58.2 Å². The van der Waals surface area contributed by atoms with E-state index >= 15 is 0 Å². The normalized spacial score (nSPS) is 19.7. The second-order valence-corrected chi connectivity index (χ2v) is 7.99. The van der Waals surface area contributed by atoms with Gasteiger partial charge in [0.15, 0.2) is 0 Å². The molecular formula is C23H24N4O5. The first-order valence-electron chi connectivity index (χ1n) is 10.1. The third kappa shape index (κ3) is 3.94. The molecule has 2 aliphatic rings. The van der Waals surface area contributed by atoms with Gasteiger partial charge in [0.25, 0.3) is 5.91 Å². The molecule has 1 aliphatic carbocycles. The minimum Gasteiger partial charge on any atom is -0.458 e. The highest BCUT2D eigenvalue weighted by atomic mass is 16.5. The van der Waals surface area contributed by atoms with Crippen LogP contribution in [0.4, 0.5) is 4.79 Å². The maximum Gasteiger partial charge on any atom is 0.322 e. The Kier molecular flexibility index (Phi) is 5.67. The van der Waals surface area contributed by atoms with Crippen LogP contribution < -0.4 is 10.6 Å². The van der Waals surface area contributed by atoms with Gasteiger partial charge in [-0.15, -0.1) is 0 Å². The number of rotatable bonds is 6. The number of carbonyl (C=O) groups is 3. The van der Waals surface area contributed by atoms with E-state index < -0.39 is 11.6 Å². The Labute approximate surface area is 184 Å². The number of carbonyl (C=O) groups excluding carboxylic acids is 3. The van der Waals surface area contributed by atoms with E-state index in [1.54, 1.807) is 43.3 Å². The maximum absolute atomic E-state index is 13.2. The standard InChI is InChI=1S/C23H24N4O5/c1-14-18-10-20(32-19(18)8-9-24-14)23(2,26-22(30)25-13-28)12-27-11-15-4-5-16(31-3)6-7-17(15)21(27)29/h4-10,13,16H,11-12H2,1-3H3,(H2,25,26,28,30)/t16?,23-/m0/s1. The van der Waals surface area contributed by atoms with Crippen LogP contribution in [0.5, 0.6) is 0 Å². The van der Waals surface area contributed by atoms with Crippen molar-refractivity contribution in [2.75, 3.05) is 20.2 Å². The van der Waals surface area contributed by atoms with E-state index in [2.05, 4.69) is 15.6 Å². The molecule has 4 amide bonds. The molecule has 0 saturated carbocycles. The van der Waals surface area contributed by atoms with Gasteiger partial charge in [0.2, 0.25) is 6.41 Å². The second kappa shape index (κ2) is 8.43. The smallest absolute Gasteiger partial charge is 0.322 e. The number of methoxy groups -OCH3 is 1. The van der Waals surface area contributed by atoms with Crippen LogP contribution in [0.25, 0.3) is 11.0 Å². The summed E-state index contributed by atoms with van der Waals surface area (Å²) in [5.74, 6) is 0.292. The van der Waals surface area contributed by atoms with Crippen molar-refractivity contribution >= 4 is 29.3 Å². The summed E-state index contributed by atoms with van der Waals surface area (Å²) < 4.78 is 11.4.